The molecule has 6 nitrogen and oxygen atoms in total. The van der Waals surface area contributed by atoms with E-state index in [1.54, 1.807) is 24.9 Å². The van der Waals surface area contributed by atoms with Crippen LogP contribution in [-0.4, -0.2) is 59.2 Å². The zero-order valence-electron chi connectivity index (χ0n) is 21.3. The van der Waals surface area contributed by atoms with Crippen molar-refractivity contribution >= 4 is 24.9 Å². The van der Waals surface area contributed by atoms with E-state index >= 15 is 0 Å². The molecular formula is C30H36N4O2. The molecule has 2 N–H and O–H groups in total. The molecule has 0 aromatic heterocycles. The summed E-state index contributed by atoms with van der Waals surface area (Å²) in [7, 11) is 0. The Hall–Kier alpha value is -3.28. The van der Waals surface area contributed by atoms with Gasteiger partial charge in [0.25, 0.3) is 0 Å². The van der Waals surface area contributed by atoms with Crippen molar-refractivity contribution in [3.05, 3.63) is 57.6 Å². The van der Waals surface area contributed by atoms with Gasteiger partial charge in [-0.2, -0.15) is 0 Å². The fourth-order valence-electron chi connectivity index (χ4n) is 5.65. The third-order valence-corrected chi connectivity index (χ3v) is 7.63. The van der Waals surface area contributed by atoms with Gasteiger partial charge < -0.3 is 10.2 Å². The quantitative estimate of drug-likeness (QED) is 0.500. The number of phenolic OH excluding ortho intramolecular Hbond substituents is 2. The van der Waals surface area contributed by atoms with Crippen LogP contribution >= 0.6 is 0 Å². The van der Waals surface area contributed by atoms with Gasteiger partial charge >= 0.3 is 0 Å². The van der Waals surface area contributed by atoms with Crippen LogP contribution in [0.5, 0.6) is 11.5 Å². The minimum absolute atomic E-state index is 0.0434. The summed E-state index contributed by atoms with van der Waals surface area (Å²) in [5.74, 6) is 0.438. The summed E-state index contributed by atoms with van der Waals surface area (Å²) in [6, 6.07) is 8.05. The fourth-order valence-corrected chi connectivity index (χ4v) is 5.65. The molecule has 0 saturated heterocycles. The third-order valence-electron chi connectivity index (χ3n) is 7.63. The fraction of sp³-hybridized carbons (Fsp3) is 0.467. The first-order chi connectivity index (χ1) is 17.5. The van der Waals surface area contributed by atoms with Gasteiger partial charge in [-0.15, -0.1) is 0 Å². The normalized spacial score (nSPS) is 26.1. The van der Waals surface area contributed by atoms with Crippen LogP contribution in [0.15, 0.2) is 44.2 Å². The average molecular weight is 485 g/mol. The van der Waals surface area contributed by atoms with Gasteiger partial charge in [0.05, 0.1) is 24.2 Å². The molecule has 2 aromatic rings. The summed E-state index contributed by atoms with van der Waals surface area (Å²) in [6.07, 6.45) is 15.5. The van der Waals surface area contributed by atoms with Gasteiger partial charge in [0, 0.05) is 47.1 Å². The molecule has 4 atom stereocenters. The molecule has 2 fully saturated rings. The van der Waals surface area contributed by atoms with Crippen molar-refractivity contribution in [3.63, 3.8) is 0 Å². The highest BCUT2D eigenvalue weighted by molar-refractivity contribution is 5.93. The van der Waals surface area contributed by atoms with Crippen LogP contribution < -0.4 is 0 Å². The Morgan fingerprint density at radius 3 is 1.00 bits per heavy atom. The monoisotopic (exact) mass is 484 g/mol. The molecule has 6 heteroatoms. The number of rotatable bonds is 0. The molecule has 4 bridgehead atoms. The van der Waals surface area contributed by atoms with E-state index in [2.05, 4.69) is 0 Å². The van der Waals surface area contributed by atoms with Crippen molar-refractivity contribution in [3.8, 4) is 11.5 Å². The number of nitrogens with zero attached hydrogens (tertiary/aromatic N) is 4. The molecule has 1 heterocycles. The molecule has 0 spiro atoms. The Labute approximate surface area is 213 Å². The van der Waals surface area contributed by atoms with Crippen molar-refractivity contribution < 1.29 is 10.2 Å². The second-order valence-corrected chi connectivity index (χ2v) is 10.5. The van der Waals surface area contributed by atoms with E-state index in [1.807, 2.05) is 38.1 Å². The molecule has 2 saturated carbocycles. The first-order valence-electron chi connectivity index (χ1n) is 13.3. The molecule has 0 radical (unpaired) electrons. The van der Waals surface area contributed by atoms with Gasteiger partial charge in [-0.3, -0.25) is 20.0 Å². The highest BCUT2D eigenvalue weighted by atomic mass is 16.3. The maximum Gasteiger partial charge on any atom is 0.133 e. The van der Waals surface area contributed by atoms with Crippen LogP contribution in [0, 0.1) is 13.8 Å². The lowest BCUT2D eigenvalue weighted by molar-refractivity contribution is 0.389. The predicted octanol–water partition coefficient (Wildman–Crippen LogP) is 5.73. The van der Waals surface area contributed by atoms with Gasteiger partial charge in [0.15, 0.2) is 0 Å². The van der Waals surface area contributed by atoms with Crippen LogP contribution in [0.4, 0.5) is 0 Å². The maximum atomic E-state index is 11.0. The number of aromatic hydroxyl groups is 2. The Morgan fingerprint density at radius 1 is 0.500 bits per heavy atom. The molecule has 2 aromatic carbocycles. The van der Waals surface area contributed by atoms with E-state index in [-0.39, 0.29) is 35.7 Å². The zero-order valence-corrected chi connectivity index (χ0v) is 21.3. The summed E-state index contributed by atoms with van der Waals surface area (Å²) in [5.41, 5.74) is 4.97. The smallest absolute Gasteiger partial charge is 0.133 e. The first kappa shape index (κ1) is 24.4. The largest absolute Gasteiger partial charge is 0.507 e. The minimum Gasteiger partial charge on any atom is -0.507 e. The lowest BCUT2D eigenvalue weighted by Crippen LogP contribution is -2.27. The summed E-state index contributed by atoms with van der Waals surface area (Å²) >= 11 is 0. The Morgan fingerprint density at radius 2 is 0.750 bits per heavy atom. The van der Waals surface area contributed by atoms with Gasteiger partial charge in [-0.05, 0) is 74.9 Å². The maximum absolute atomic E-state index is 11.0. The standard InChI is InChI=1S/C30H36N4O2/c1-19-11-21-15-31-25-7-3-5-9-27(25)33-17-23-13-20(2)14-24(30(23)36)18-34-28-10-6-4-8-26(28)32-16-22(12-19)29(21)35/h11-18,25-28,35-36H,3-10H2,1-2H3/t25-,26-,27-,28-/m1/s1. The van der Waals surface area contributed by atoms with Gasteiger partial charge in [-0.25, -0.2) is 0 Å². The molecule has 3 aliphatic rings. The molecule has 1 aliphatic heterocycles. The number of aliphatic imine (C=N–C) groups is 4. The topological polar surface area (TPSA) is 89.9 Å². The van der Waals surface area contributed by atoms with Crippen molar-refractivity contribution in [1.82, 2.24) is 0 Å². The number of hydrogen-bond acceptors (Lipinski definition) is 6. The minimum atomic E-state index is 0.0434. The SMILES string of the molecule is Cc1cc2c(O)c(c1)C=N[C@@H]1CCCC[C@H]1N=Cc1cc(C)cc(c1O)C=N[C@@H]1CCCC[C@H]1N=C2. The van der Waals surface area contributed by atoms with E-state index in [0.717, 1.165) is 62.5 Å². The van der Waals surface area contributed by atoms with Crippen molar-refractivity contribution in [2.24, 2.45) is 20.0 Å². The van der Waals surface area contributed by atoms with Crippen LogP contribution in [-0.2, 0) is 0 Å². The number of phenols is 2. The summed E-state index contributed by atoms with van der Waals surface area (Å²) in [6.45, 7) is 4.06. The molecule has 36 heavy (non-hydrogen) atoms. The lowest BCUT2D eigenvalue weighted by atomic mass is 9.90. The lowest BCUT2D eigenvalue weighted by Gasteiger charge is -2.26. The highest BCUT2D eigenvalue weighted by Crippen LogP contribution is 2.29. The number of benzene rings is 2. The zero-order chi connectivity index (χ0) is 25.1. The second kappa shape index (κ2) is 10.8. The van der Waals surface area contributed by atoms with Crippen molar-refractivity contribution in [1.29, 1.82) is 0 Å². The highest BCUT2D eigenvalue weighted by Gasteiger charge is 2.25. The van der Waals surface area contributed by atoms with Crippen molar-refractivity contribution in [2.45, 2.75) is 89.4 Å². The molecule has 5 rings (SSSR count). The Kier molecular flexibility index (Phi) is 7.30. The van der Waals surface area contributed by atoms with Crippen LogP contribution in [0.3, 0.4) is 0 Å². The molecule has 2 aliphatic carbocycles. The molecule has 0 unspecified atom stereocenters. The molecule has 188 valence electrons. The summed E-state index contributed by atoms with van der Waals surface area (Å²) in [4.78, 5) is 19.6. The number of aryl methyl sites for hydroxylation is 2. The van der Waals surface area contributed by atoms with Gasteiger partial charge in [-0.1, -0.05) is 25.7 Å². The van der Waals surface area contributed by atoms with Crippen molar-refractivity contribution in [2.75, 3.05) is 0 Å². The molecular weight excluding hydrogens is 448 g/mol. The number of fused-ring (bicyclic) bond motifs is 6. The second-order valence-electron chi connectivity index (χ2n) is 10.5. The predicted molar refractivity (Wildman–Crippen MR) is 148 cm³/mol. The van der Waals surface area contributed by atoms with Crippen LogP contribution in [0.2, 0.25) is 0 Å². The van der Waals surface area contributed by atoms with E-state index in [4.69, 9.17) is 20.0 Å². The van der Waals surface area contributed by atoms with Crippen LogP contribution in [0.1, 0.15) is 84.7 Å². The van der Waals surface area contributed by atoms with E-state index in [1.165, 1.54) is 0 Å². The molecule has 0 amide bonds. The summed E-state index contributed by atoms with van der Waals surface area (Å²) in [5, 5.41) is 22.1. The van der Waals surface area contributed by atoms with Gasteiger partial charge in [0.2, 0.25) is 0 Å². The summed E-state index contributed by atoms with van der Waals surface area (Å²) < 4.78 is 0. The van der Waals surface area contributed by atoms with E-state index in [9.17, 15) is 10.2 Å². The average Bonchev–Trinajstić information content (AvgIpc) is 2.88. The van der Waals surface area contributed by atoms with E-state index in [0.29, 0.717) is 22.3 Å². The van der Waals surface area contributed by atoms with E-state index < -0.39 is 0 Å². The Balaban J connectivity index is 1.60. The number of hydrogen-bond donors (Lipinski definition) is 2. The first-order valence-corrected chi connectivity index (χ1v) is 13.3. The Bertz CT molecular complexity index is 1050. The van der Waals surface area contributed by atoms with Crippen LogP contribution in [0.25, 0.3) is 0 Å². The third kappa shape index (κ3) is 5.43. The van der Waals surface area contributed by atoms with Gasteiger partial charge in [0.1, 0.15) is 11.5 Å².